The van der Waals surface area contributed by atoms with E-state index in [9.17, 15) is 9.90 Å². The zero-order chi connectivity index (χ0) is 25.4. The number of nitrogens with one attached hydrogen (secondary N) is 1. The number of hydrogen-bond donors (Lipinski definition) is 2. The molecule has 0 aliphatic carbocycles. The summed E-state index contributed by atoms with van der Waals surface area (Å²) in [4.78, 5) is 27.8. The molecule has 2 N–H and O–H groups in total. The largest absolute Gasteiger partial charge is 0.387 e. The minimum absolute atomic E-state index is 0.142. The van der Waals surface area contributed by atoms with E-state index in [1.54, 1.807) is 38.4 Å². The maximum absolute atomic E-state index is 13.0. The van der Waals surface area contributed by atoms with Gasteiger partial charge in [-0.1, -0.05) is 6.07 Å². The molecule has 0 saturated carbocycles. The molecule has 8 nitrogen and oxygen atoms in total. The SMILES string of the molecule is [C-]#[N+]C(C)(C)c1cc(C(=O)Nc2ccc(C)c(-c3cnc4c(c3)N3CCOC[C@H]3C[C@H]4O)c2)ccn1. The molecule has 1 fully saturated rings. The highest BCUT2D eigenvalue weighted by molar-refractivity contribution is 6.04. The number of aliphatic hydroxyl groups excluding tert-OH is 1. The molecule has 0 radical (unpaired) electrons. The molecule has 36 heavy (non-hydrogen) atoms. The van der Waals surface area contributed by atoms with Crippen LogP contribution >= 0.6 is 0 Å². The van der Waals surface area contributed by atoms with Crippen molar-refractivity contribution in [3.8, 4) is 11.1 Å². The van der Waals surface area contributed by atoms with Gasteiger partial charge >= 0.3 is 0 Å². The summed E-state index contributed by atoms with van der Waals surface area (Å²) < 4.78 is 5.63. The van der Waals surface area contributed by atoms with Crippen molar-refractivity contribution in [2.75, 3.05) is 30.0 Å². The van der Waals surface area contributed by atoms with Crippen LogP contribution in [0.3, 0.4) is 0 Å². The predicted octanol–water partition coefficient (Wildman–Crippen LogP) is 4.50. The molecule has 2 atom stereocenters. The number of fused-ring (bicyclic) bond motifs is 3. The molecule has 4 heterocycles. The van der Waals surface area contributed by atoms with Crippen LogP contribution in [0.1, 0.15) is 53.7 Å². The standard InChI is InChI=1S/C28H29N5O3/c1-17-5-6-20(32-27(35)18-7-8-30-25(12-18)28(2,3)29-4)13-22(17)19-11-23-26(31-15-19)24(34)14-21-16-36-10-9-33(21)23/h5-8,11-13,15,21,24,34H,9-10,14,16H2,1-3H3,(H,32,35)/t21-,24-/m1/s1. The van der Waals surface area contributed by atoms with Crippen LogP contribution in [0.2, 0.25) is 0 Å². The fourth-order valence-corrected chi connectivity index (χ4v) is 4.81. The van der Waals surface area contributed by atoms with Gasteiger partial charge in [-0.25, -0.2) is 6.57 Å². The first-order valence-corrected chi connectivity index (χ1v) is 12.1. The molecule has 2 aliphatic heterocycles. The third-order valence-electron chi connectivity index (χ3n) is 6.98. The first-order valence-electron chi connectivity index (χ1n) is 12.1. The highest BCUT2D eigenvalue weighted by Crippen LogP contribution is 2.39. The van der Waals surface area contributed by atoms with Crippen molar-refractivity contribution in [2.45, 2.75) is 44.9 Å². The second-order valence-corrected chi connectivity index (χ2v) is 9.89. The zero-order valence-electron chi connectivity index (χ0n) is 20.7. The van der Waals surface area contributed by atoms with Gasteiger partial charge < -0.3 is 24.9 Å². The molecule has 1 saturated heterocycles. The summed E-state index contributed by atoms with van der Waals surface area (Å²) in [5.74, 6) is -0.267. The highest BCUT2D eigenvalue weighted by atomic mass is 16.5. The van der Waals surface area contributed by atoms with E-state index in [0.29, 0.717) is 42.3 Å². The van der Waals surface area contributed by atoms with E-state index in [1.807, 2.05) is 25.1 Å². The van der Waals surface area contributed by atoms with Gasteiger partial charge in [0.25, 0.3) is 11.4 Å². The van der Waals surface area contributed by atoms with Gasteiger partial charge in [-0.3, -0.25) is 14.8 Å². The van der Waals surface area contributed by atoms with Crippen LogP contribution in [0.5, 0.6) is 0 Å². The Kier molecular flexibility index (Phi) is 6.20. The van der Waals surface area contributed by atoms with Crippen LogP contribution in [0.25, 0.3) is 16.0 Å². The summed E-state index contributed by atoms with van der Waals surface area (Å²) in [6.07, 6.45) is 3.35. The van der Waals surface area contributed by atoms with Crippen molar-refractivity contribution in [2.24, 2.45) is 0 Å². The lowest BCUT2D eigenvalue weighted by Crippen LogP contribution is -2.49. The number of aromatic nitrogens is 2. The topological polar surface area (TPSA) is 91.9 Å². The Balaban J connectivity index is 1.44. The maximum Gasteiger partial charge on any atom is 0.268 e. The number of pyridine rings is 2. The van der Waals surface area contributed by atoms with Gasteiger partial charge in [-0.2, -0.15) is 0 Å². The van der Waals surface area contributed by atoms with Gasteiger partial charge in [-0.15, -0.1) is 0 Å². The molecule has 0 bridgehead atoms. The number of carbonyl (C=O) groups excluding carboxylic acids is 1. The first-order chi connectivity index (χ1) is 17.3. The number of nitrogens with zero attached hydrogens (tertiary/aromatic N) is 4. The summed E-state index contributed by atoms with van der Waals surface area (Å²) >= 11 is 0. The van der Waals surface area contributed by atoms with E-state index in [4.69, 9.17) is 11.3 Å². The van der Waals surface area contributed by atoms with Crippen molar-refractivity contribution in [1.82, 2.24) is 9.97 Å². The van der Waals surface area contributed by atoms with Crippen LogP contribution in [-0.4, -0.2) is 46.8 Å². The Hall–Kier alpha value is -3.80. The van der Waals surface area contributed by atoms with Gasteiger partial charge in [0.15, 0.2) is 0 Å². The molecule has 8 heteroatoms. The molecule has 1 aromatic carbocycles. The number of carbonyl (C=O) groups is 1. The number of aryl methyl sites for hydroxylation is 1. The maximum atomic E-state index is 13.0. The number of rotatable bonds is 4. The molecule has 1 amide bonds. The number of benzene rings is 1. The molecule has 2 aromatic heterocycles. The number of morpholine rings is 1. The van der Waals surface area contributed by atoms with Crippen LogP contribution in [0, 0.1) is 13.5 Å². The Morgan fingerprint density at radius 2 is 2.08 bits per heavy atom. The molecule has 184 valence electrons. The van der Waals surface area contributed by atoms with Gasteiger partial charge in [0.2, 0.25) is 0 Å². The quantitative estimate of drug-likeness (QED) is 0.531. The highest BCUT2D eigenvalue weighted by Gasteiger charge is 2.35. The molecule has 3 aromatic rings. The predicted molar refractivity (Wildman–Crippen MR) is 138 cm³/mol. The lowest BCUT2D eigenvalue weighted by molar-refractivity contribution is 0.0597. The van der Waals surface area contributed by atoms with E-state index < -0.39 is 11.6 Å². The van der Waals surface area contributed by atoms with Gasteiger partial charge in [-0.05, 0) is 48.4 Å². The van der Waals surface area contributed by atoms with E-state index in [-0.39, 0.29) is 11.9 Å². The zero-order valence-corrected chi connectivity index (χ0v) is 20.7. The summed E-state index contributed by atoms with van der Waals surface area (Å²) in [6.45, 7) is 15.0. The number of anilines is 2. The number of amides is 1. The van der Waals surface area contributed by atoms with E-state index >= 15 is 0 Å². The van der Waals surface area contributed by atoms with Gasteiger partial charge in [0.1, 0.15) is 11.8 Å². The molecule has 5 rings (SSSR count). The van der Waals surface area contributed by atoms with Crippen molar-refractivity contribution >= 4 is 17.3 Å². The minimum Gasteiger partial charge on any atom is -0.387 e. The number of hydrogen-bond acceptors (Lipinski definition) is 6. The van der Waals surface area contributed by atoms with Crippen molar-refractivity contribution in [3.05, 3.63) is 82.7 Å². The molecule has 0 spiro atoms. The van der Waals surface area contributed by atoms with Crippen LogP contribution < -0.4 is 10.2 Å². The van der Waals surface area contributed by atoms with E-state index in [2.05, 4.69) is 31.1 Å². The first kappa shape index (κ1) is 23.9. The second kappa shape index (κ2) is 9.34. The lowest BCUT2D eigenvalue weighted by atomic mass is 9.94. The summed E-state index contributed by atoms with van der Waals surface area (Å²) in [5, 5.41) is 13.6. The molecule has 0 unspecified atom stereocenters. The third-order valence-corrected chi connectivity index (χ3v) is 6.98. The fraction of sp³-hybridized carbons (Fsp3) is 0.357. The monoisotopic (exact) mass is 483 g/mol. The smallest absolute Gasteiger partial charge is 0.268 e. The third kappa shape index (κ3) is 4.43. The van der Waals surface area contributed by atoms with Crippen molar-refractivity contribution < 1.29 is 14.6 Å². The number of aliphatic hydroxyl groups is 1. The molecule has 2 aliphatic rings. The number of ether oxygens (including phenoxy) is 1. The summed E-state index contributed by atoms with van der Waals surface area (Å²) in [7, 11) is 0. The summed E-state index contributed by atoms with van der Waals surface area (Å²) in [6, 6.07) is 11.3. The van der Waals surface area contributed by atoms with Gasteiger partial charge in [0.05, 0.1) is 30.6 Å². The fourth-order valence-electron chi connectivity index (χ4n) is 4.81. The Bertz CT molecular complexity index is 1360. The minimum atomic E-state index is -0.806. The average Bonchev–Trinajstić information content (AvgIpc) is 2.89. The Morgan fingerprint density at radius 1 is 1.25 bits per heavy atom. The van der Waals surface area contributed by atoms with Crippen molar-refractivity contribution in [3.63, 3.8) is 0 Å². The van der Waals surface area contributed by atoms with Gasteiger partial charge in [0, 0.05) is 56.0 Å². The Labute approximate surface area is 210 Å². The summed E-state index contributed by atoms with van der Waals surface area (Å²) in [5.41, 5.74) is 5.43. The second-order valence-electron chi connectivity index (χ2n) is 9.89. The van der Waals surface area contributed by atoms with E-state index in [0.717, 1.165) is 28.9 Å². The lowest BCUT2D eigenvalue weighted by Gasteiger charge is -2.43. The van der Waals surface area contributed by atoms with Crippen LogP contribution in [-0.2, 0) is 10.3 Å². The van der Waals surface area contributed by atoms with Crippen LogP contribution in [0.4, 0.5) is 11.4 Å². The van der Waals surface area contributed by atoms with E-state index in [1.165, 1.54) is 0 Å². The normalized spacial score (nSPS) is 19.1. The average molecular weight is 484 g/mol. The van der Waals surface area contributed by atoms with Crippen molar-refractivity contribution in [1.29, 1.82) is 0 Å². The molecular formula is C28H29N5O3. The Morgan fingerprint density at radius 3 is 2.89 bits per heavy atom. The van der Waals surface area contributed by atoms with Crippen LogP contribution in [0.15, 0.2) is 48.8 Å². The molecular weight excluding hydrogens is 454 g/mol.